The molecule has 2 fully saturated rings. The number of halogens is 2. The fourth-order valence-electron chi connectivity index (χ4n) is 4.37. The van der Waals surface area contributed by atoms with Gasteiger partial charge in [0.25, 0.3) is 5.91 Å². The maximum atomic E-state index is 13.5. The van der Waals surface area contributed by atoms with Gasteiger partial charge in [-0.05, 0) is 49.2 Å². The van der Waals surface area contributed by atoms with Crippen LogP contribution in [0, 0.1) is 17.2 Å². The molecule has 2 aromatic carbocycles. The lowest BCUT2D eigenvalue weighted by Crippen LogP contribution is -2.42. The molecule has 29 heavy (non-hydrogen) atoms. The SMILES string of the molecule is O=C(Nc1cccc(F)c1)C1CN(C(=O)c2cccc(Cl)c2)CC12CCOCC2. The van der Waals surface area contributed by atoms with Crippen molar-refractivity contribution in [3.63, 3.8) is 0 Å². The molecule has 0 radical (unpaired) electrons. The Labute approximate surface area is 173 Å². The van der Waals surface area contributed by atoms with Crippen LogP contribution < -0.4 is 5.32 Å². The number of nitrogens with one attached hydrogen (secondary N) is 1. The summed E-state index contributed by atoms with van der Waals surface area (Å²) >= 11 is 6.04. The summed E-state index contributed by atoms with van der Waals surface area (Å²) in [6, 6.07) is 12.7. The summed E-state index contributed by atoms with van der Waals surface area (Å²) in [4.78, 5) is 27.9. The van der Waals surface area contributed by atoms with Crippen LogP contribution in [0.5, 0.6) is 0 Å². The number of ether oxygens (including phenoxy) is 1. The van der Waals surface area contributed by atoms with Crippen molar-refractivity contribution < 1.29 is 18.7 Å². The third kappa shape index (κ3) is 4.14. The number of nitrogens with zero attached hydrogens (tertiary/aromatic N) is 1. The molecule has 2 amide bonds. The molecule has 2 aliphatic rings. The molecule has 4 rings (SSSR count). The van der Waals surface area contributed by atoms with E-state index in [9.17, 15) is 14.0 Å². The Morgan fingerprint density at radius 1 is 1.14 bits per heavy atom. The molecule has 7 heteroatoms. The standard InChI is InChI=1S/C22H22ClFN2O3/c23-16-4-1-3-15(11-16)21(28)26-13-19(22(14-26)7-9-29-10-8-22)20(27)25-18-6-2-5-17(24)12-18/h1-6,11-12,19H,7-10,13-14H2,(H,25,27). The van der Waals surface area contributed by atoms with Gasteiger partial charge in [0.1, 0.15) is 5.82 Å². The molecule has 2 aliphatic heterocycles. The largest absolute Gasteiger partial charge is 0.381 e. The van der Waals surface area contributed by atoms with Gasteiger partial charge >= 0.3 is 0 Å². The molecule has 5 nitrogen and oxygen atoms in total. The van der Waals surface area contributed by atoms with Gasteiger partial charge in [0.05, 0.1) is 5.92 Å². The minimum Gasteiger partial charge on any atom is -0.381 e. The highest BCUT2D eigenvalue weighted by Crippen LogP contribution is 2.45. The molecule has 0 aromatic heterocycles. The van der Waals surface area contributed by atoms with E-state index in [-0.39, 0.29) is 17.2 Å². The van der Waals surface area contributed by atoms with Gasteiger partial charge in [0, 0.05) is 48.0 Å². The smallest absolute Gasteiger partial charge is 0.253 e. The molecule has 0 bridgehead atoms. The van der Waals surface area contributed by atoms with Crippen LogP contribution in [0.4, 0.5) is 10.1 Å². The number of rotatable bonds is 3. The number of anilines is 1. The van der Waals surface area contributed by atoms with Crippen LogP contribution in [0.2, 0.25) is 5.02 Å². The lowest BCUT2D eigenvalue weighted by molar-refractivity contribution is -0.124. The van der Waals surface area contributed by atoms with E-state index in [2.05, 4.69) is 5.32 Å². The van der Waals surface area contributed by atoms with Gasteiger partial charge in [-0.15, -0.1) is 0 Å². The van der Waals surface area contributed by atoms with Gasteiger partial charge in [-0.1, -0.05) is 23.7 Å². The first kappa shape index (κ1) is 19.9. The molecule has 2 heterocycles. The maximum absolute atomic E-state index is 13.5. The van der Waals surface area contributed by atoms with Crippen molar-refractivity contribution in [2.24, 2.45) is 11.3 Å². The lowest BCUT2D eigenvalue weighted by atomic mass is 9.71. The van der Waals surface area contributed by atoms with Crippen molar-refractivity contribution in [2.45, 2.75) is 12.8 Å². The van der Waals surface area contributed by atoms with Gasteiger partial charge in [0.2, 0.25) is 5.91 Å². The molecule has 0 aliphatic carbocycles. The minimum atomic E-state index is -0.409. The maximum Gasteiger partial charge on any atom is 0.253 e. The summed E-state index contributed by atoms with van der Waals surface area (Å²) in [6.07, 6.45) is 1.40. The summed E-state index contributed by atoms with van der Waals surface area (Å²) in [5.74, 6) is -1.14. The predicted octanol–water partition coefficient (Wildman–Crippen LogP) is 3.99. The number of carbonyl (C=O) groups is 2. The van der Waals surface area contributed by atoms with E-state index in [1.54, 1.807) is 41.3 Å². The summed E-state index contributed by atoms with van der Waals surface area (Å²) in [7, 11) is 0. The van der Waals surface area contributed by atoms with Crippen molar-refractivity contribution in [1.82, 2.24) is 4.90 Å². The van der Waals surface area contributed by atoms with Crippen LogP contribution in [0.1, 0.15) is 23.2 Å². The van der Waals surface area contributed by atoms with Gasteiger partial charge in [-0.25, -0.2) is 4.39 Å². The third-order valence-electron chi connectivity index (χ3n) is 5.90. The number of benzene rings is 2. The molecular formula is C22H22ClFN2O3. The van der Waals surface area contributed by atoms with Gasteiger partial charge in [-0.3, -0.25) is 9.59 Å². The first-order chi connectivity index (χ1) is 14.0. The molecule has 2 aromatic rings. The van der Waals surface area contributed by atoms with Crippen molar-refractivity contribution in [2.75, 3.05) is 31.6 Å². The zero-order valence-electron chi connectivity index (χ0n) is 15.9. The highest BCUT2D eigenvalue weighted by molar-refractivity contribution is 6.30. The monoisotopic (exact) mass is 416 g/mol. The fourth-order valence-corrected chi connectivity index (χ4v) is 4.56. The quantitative estimate of drug-likeness (QED) is 0.823. The lowest BCUT2D eigenvalue weighted by Gasteiger charge is -2.37. The zero-order chi connectivity index (χ0) is 20.4. The van der Waals surface area contributed by atoms with Crippen LogP contribution in [0.25, 0.3) is 0 Å². The first-order valence-corrected chi connectivity index (χ1v) is 10.0. The van der Waals surface area contributed by atoms with Crippen molar-refractivity contribution in [1.29, 1.82) is 0 Å². The number of carbonyl (C=O) groups excluding carboxylic acids is 2. The Morgan fingerprint density at radius 3 is 2.62 bits per heavy atom. The highest BCUT2D eigenvalue weighted by Gasteiger charge is 2.51. The second-order valence-corrected chi connectivity index (χ2v) is 8.16. The van der Waals surface area contributed by atoms with E-state index in [0.717, 1.165) is 0 Å². The number of hydrogen-bond donors (Lipinski definition) is 1. The molecule has 1 N–H and O–H groups in total. The van der Waals surface area contributed by atoms with E-state index in [1.807, 2.05) is 0 Å². The first-order valence-electron chi connectivity index (χ1n) is 9.66. The zero-order valence-corrected chi connectivity index (χ0v) is 16.6. The summed E-state index contributed by atoms with van der Waals surface area (Å²) in [6.45, 7) is 1.92. The Kier molecular flexibility index (Phi) is 5.56. The van der Waals surface area contributed by atoms with Crippen LogP contribution in [0.3, 0.4) is 0 Å². The summed E-state index contributed by atoms with van der Waals surface area (Å²) in [5, 5.41) is 3.32. The van der Waals surface area contributed by atoms with Crippen LogP contribution in [-0.2, 0) is 9.53 Å². The second-order valence-electron chi connectivity index (χ2n) is 7.72. The third-order valence-corrected chi connectivity index (χ3v) is 6.14. The van der Waals surface area contributed by atoms with Crippen LogP contribution in [0.15, 0.2) is 48.5 Å². The Hall–Kier alpha value is -2.44. The fraction of sp³-hybridized carbons (Fsp3) is 0.364. The van der Waals surface area contributed by atoms with Crippen molar-refractivity contribution >= 4 is 29.1 Å². The van der Waals surface area contributed by atoms with Gasteiger partial charge in [-0.2, -0.15) is 0 Å². The molecule has 1 unspecified atom stereocenters. The van der Waals surface area contributed by atoms with E-state index in [4.69, 9.17) is 16.3 Å². The molecular weight excluding hydrogens is 395 g/mol. The van der Waals surface area contributed by atoms with Crippen LogP contribution in [-0.4, -0.2) is 43.0 Å². The average molecular weight is 417 g/mol. The second kappa shape index (κ2) is 8.13. The summed E-state index contributed by atoms with van der Waals surface area (Å²) in [5.41, 5.74) is 0.576. The van der Waals surface area contributed by atoms with Crippen molar-refractivity contribution in [3.05, 3.63) is 64.9 Å². The number of amides is 2. The number of likely N-dealkylation sites (tertiary alicyclic amines) is 1. The Morgan fingerprint density at radius 2 is 1.90 bits per heavy atom. The molecule has 0 saturated carbocycles. The Bertz CT molecular complexity index is 930. The van der Waals surface area contributed by atoms with Gasteiger partial charge in [0.15, 0.2) is 0 Å². The predicted molar refractivity (Wildman–Crippen MR) is 108 cm³/mol. The van der Waals surface area contributed by atoms with E-state index >= 15 is 0 Å². The highest BCUT2D eigenvalue weighted by atomic mass is 35.5. The molecule has 2 saturated heterocycles. The van der Waals surface area contributed by atoms with Gasteiger partial charge < -0.3 is 15.0 Å². The average Bonchev–Trinajstić information content (AvgIpc) is 3.06. The minimum absolute atomic E-state index is 0.139. The van der Waals surface area contributed by atoms with E-state index < -0.39 is 11.7 Å². The summed E-state index contributed by atoms with van der Waals surface area (Å²) < 4.78 is 19.0. The number of hydrogen-bond acceptors (Lipinski definition) is 3. The van der Waals surface area contributed by atoms with E-state index in [0.29, 0.717) is 55.4 Å². The van der Waals surface area contributed by atoms with Crippen LogP contribution >= 0.6 is 11.6 Å². The Balaban J connectivity index is 1.57. The van der Waals surface area contributed by atoms with Crippen molar-refractivity contribution in [3.8, 4) is 0 Å². The molecule has 1 atom stereocenters. The van der Waals surface area contributed by atoms with E-state index in [1.165, 1.54) is 12.1 Å². The molecule has 1 spiro atoms. The normalized spacial score (nSPS) is 20.6. The molecule has 152 valence electrons. The topological polar surface area (TPSA) is 58.6 Å².